The molecule has 0 atom stereocenters. The Bertz CT molecular complexity index is 611. The van der Waals surface area contributed by atoms with Crippen LogP contribution in [-0.2, 0) is 11.3 Å². The van der Waals surface area contributed by atoms with E-state index >= 15 is 0 Å². The Hall–Kier alpha value is -2.64. The van der Waals surface area contributed by atoms with Crippen LogP contribution in [0.15, 0.2) is 18.2 Å². The molecule has 0 saturated heterocycles. The molecule has 8 heteroatoms. The molecule has 1 N–H and O–H groups in total. The summed E-state index contributed by atoms with van der Waals surface area (Å²) in [6.45, 7) is 0.0246. The molecule has 2 rings (SSSR count). The van der Waals surface area contributed by atoms with E-state index in [9.17, 15) is 4.79 Å². The average molecular weight is 277 g/mol. The number of carbonyl (C=O) groups excluding carboxylic acids is 1. The number of tetrazole rings is 1. The molecule has 0 unspecified atom stereocenters. The Morgan fingerprint density at radius 1 is 1.30 bits per heavy atom. The predicted molar refractivity (Wildman–Crippen MR) is 70.4 cm³/mol. The smallest absolute Gasteiger partial charge is 0.243 e. The van der Waals surface area contributed by atoms with Crippen LogP contribution in [0.2, 0.25) is 0 Å². The SMILES string of the molecule is CNC(=O)Cn1nnc(-c2ccc(OC)c(OC)c2)n1. The molecule has 0 fully saturated rings. The molecule has 8 nitrogen and oxygen atoms in total. The topological polar surface area (TPSA) is 91.2 Å². The maximum absolute atomic E-state index is 11.2. The Kier molecular flexibility index (Phi) is 4.14. The van der Waals surface area contributed by atoms with Crippen LogP contribution in [0.3, 0.4) is 0 Å². The van der Waals surface area contributed by atoms with E-state index in [0.717, 1.165) is 5.56 Å². The summed E-state index contributed by atoms with van der Waals surface area (Å²) in [6.07, 6.45) is 0. The normalized spacial score (nSPS) is 10.2. The molecular weight excluding hydrogens is 262 g/mol. The number of methoxy groups -OCH3 is 2. The first-order chi connectivity index (χ1) is 9.67. The number of amides is 1. The van der Waals surface area contributed by atoms with Gasteiger partial charge in [0.05, 0.1) is 14.2 Å². The third kappa shape index (κ3) is 2.85. The van der Waals surface area contributed by atoms with Gasteiger partial charge in [0.2, 0.25) is 11.7 Å². The van der Waals surface area contributed by atoms with Gasteiger partial charge in [-0.3, -0.25) is 4.79 Å². The zero-order chi connectivity index (χ0) is 14.5. The van der Waals surface area contributed by atoms with E-state index in [1.165, 1.54) is 4.80 Å². The van der Waals surface area contributed by atoms with E-state index in [0.29, 0.717) is 17.3 Å². The highest BCUT2D eigenvalue weighted by Crippen LogP contribution is 2.30. The molecule has 0 aliphatic heterocycles. The van der Waals surface area contributed by atoms with E-state index in [4.69, 9.17) is 9.47 Å². The monoisotopic (exact) mass is 277 g/mol. The number of aromatic nitrogens is 4. The number of hydrogen-bond donors (Lipinski definition) is 1. The van der Waals surface area contributed by atoms with Gasteiger partial charge in [-0.05, 0) is 23.4 Å². The lowest BCUT2D eigenvalue weighted by Crippen LogP contribution is -2.24. The summed E-state index contributed by atoms with van der Waals surface area (Å²) in [5, 5.41) is 14.4. The predicted octanol–water partition coefficient (Wildman–Crippen LogP) is 0.103. The van der Waals surface area contributed by atoms with Crippen LogP contribution < -0.4 is 14.8 Å². The van der Waals surface area contributed by atoms with Crippen molar-refractivity contribution >= 4 is 5.91 Å². The van der Waals surface area contributed by atoms with E-state index in [1.54, 1.807) is 39.5 Å². The molecule has 0 aliphatic rings. The van der Waals surface area contributed by atoms with Crippen molar-refractivity contribution in [3.63, 3.8) is 0 Å². The van der Waals surface area contributed by atoms with Gasteiger partial charge in [0.15, 0.2) is 11.5 Å². The maximum Gasteiger partial charge on any atom is 0.243 e. The number of ether oxygens (including phenoxy) is 2. The van der Waals surface area contributed by atoms with Crippen LogP contribution in [0.25, 0.3) is 11.4 Å². The molecule has 20 heavy (non-hydrogen) atoms. The van der Waals surface area contributed by atoms with Crippen LogP contribution in [0.1, 0.15) is 0 Å². The van der Waals surface area contributed by atoms with Crippen molar-refractivity contribution in [1.29, 1.82) is 0 Å². The molecule has 0 aliphatic carbocycles. The molecule has 0 saturated carbocycles. The highest BCUT2D eigenvalue weighted by atomic mass is 16.5. The second-order valence-electron chi connectivity index (χ2n) is 3.89. The summed E-state index contributed by atoms with van der Waals surface area (Å²) in [5.74, 6) is 1.41. The fourth-order valence-electron chi connectivity index (χ4n) is 1.61. The maximum atomic E-state index is 11.2. The lowest BCUT2D eigenvalue weighted by atomic mass is 10.2. The van der Waals surface area contributed by atoms with Gasteiger partial charge in [0.1, 0.15) is 6.54 Å². The fraction of sp³-hybridized carbons (Fsp3) is 0.333. The van der Waals surface area contributed by atoms with Crippen LogP contribution in [0, 0.1) is 0 Å². The van der Waals surface area contributed by atoms with E-state index < -0.39 is 0 Å². The highest BCUT2D eigenvalue weighted by Gasteiger charge is 2.11. The number of carbonyl (C=O) groups is 1. The Morgan fingerprint density at radius 3 is 2.70 bits per heavy atom. The van der Waals surface area contributed by atoms with Gasteiger partial charge in [-0.25, -0.2) is 0 Å². The van der Waals surface area contributed by atoms with Gasteiger partial charge in [-0.1, -0.05) is 0 Å². The molecule has 1 aromatic carbocycles. The minimum atomic E-state index is -0.193. The van der Waals surface area contributed by atoms with Crippen LogP contribution in [0.4, 0.5) is 0 Å². The van der Waals surface area contributed by atoms with Crippen molar-refractivity contribution in [1.82, 2.24) is 25.5 Å². The van der Waals surface area contributed by atoms with Crippen molar-refractivity contribution in [3.05, 3.63) is 18.2 Å². The summed E-state index contributed by atoms with van der Waals surface area (Å²) in [4.78, 5) is 12.5. The minimum absolute atomic E-state index is 0.0246. The zero-order valence-electron chi connectivity index (χ0n) is 11.5. The molecule has 1 amide bonds. The van der Waals surface area contributed by atoms with E-state index in [1.807, 2.05) is 0 Å². The van der Waals surface area contributed by atoms with Gasteiger partial charge in [0.25, 0.3) is 0 Å². The number of likely N-dealkylation sites (N-methyl/N-ethyl adjacent to an activating group) is 1. The van der Waals surface area contributed by atoms with Crippen molar-refractivity contribution in [2.75, 3.05) is 21.3 Å². The standard InChI is InChI=1S/C12H15N5O3/c1-13-11(18)7-17-15-12(14-16-17)8-4-5-9(19-2)10(6-8)20-3/h4-6H,7H2,1-3H3,(H,13,18). The van der Waals surface area contributed by atoms with E-state index in [2.05, 4.69) is 20.7 Å². The van der Waals surface area contributed by atoms with Crippen molar-refractivity contribution < 1.29 is 14.3 Å². The molecule has 106 valence electrons. The quantitative estimate of drug-likeness (QED) is 0.833. The molecule has 2 aromatic rings. The number of nitrogens with zero attached hydrogens (tertiary/aromatic N) is 4. The first-order valence-electron chi connectivity index (χ1n) is 5.88. The number of hydrogen-bond acceptors (Lipinski definition) is 6. The third-order valence-corrected chi connectivity index (χ3v) is 2.66. The second-order valence-corrected chi connectivity index (χ2v) is 3.89. The van der Waals surface area contributed by atoms with Crippen molar-refractivity contribution in [2.45, 2.75) is 6.54 Å². The minimum Gasteiger partial charge on any atom is -0.493 e. The highest BCUT2D eigenvalue weighted by molar-refractivity contribution is 5.75. The van der Waals surface area contributed by atoms with E-state index in [-0.39, 0.29) is 12.5 Å². The second kappa shape index (κ2) is 6.00. The summed E-state index contributed by atoms with van der Waals surface area (Å²) in [5.41, 5.74) is 0.728. The summed E-state index contributed by atoms with van der Waals surface area (Å²) >= 11 is 0. The van der Waals surface area contributed by atoms with Gasteiger partial charge >= 0.3 is 0 Å². The lowest BCUT2D eigenvalue weighted by Gasteiger charge is -2.07. The van der Waals surface area contributed by atoms with Gasteiger partial charge in [-0.2, -0.15) is 4.80 Å². The number of benzene rings is 1. The first-order valence-corrected chi connectivity index (χ1v) is 5.88. The number of nitrogens with one attached hydrogen (secondary N) is 1. The van der Waals surface area contributed by atoms with Gasteiger partial charge in [0, 0.05) is 12.6 Å². The fourth-order valence-corrected chi connectivity index (χ4v) is 1.61. The molecule has 0 bridgehead atoms. The molecule has 1 aromatic heterocycles. The first kappa shape index (κ1) is 13.8. The van der Waals surface area contributed by atoms with Crippen molar-refractivity contribution in [2.24, 2.45) is 0 Å². The largest absolute Gasteiger partial charge is 0.493 e. The van der Waals surface area contributed by atoms with Gasteiger partial charge < -0.3 is 14.8 Å². The molecule has 0 spiro atoms. The Morgan fingerprint density at radius 2 is 2.05 bits per heavy atom. The average Bonchev–Trinajstić information content (AvgIpc) is 2.94. The van der Waals surface area contributed by atoms with Crippen LogP contribution in [0.5, 0.6) is 11.5 Å². The molecular formula is C12H15N5O3. The van der Waals surface area contributed by atoms with Crippen molar-refractivity contribution in [3.8, 4) is 22.9 Å². The lowest BCUT2D eigenvalue weighted by molar-refractivity contribution is -0.121. The summed E-state index contributed by atoms with van der Waals surface area (Å²) in [6, 6.07) is 5.30. The molecule has 0 radical (unpaired) electrons. The Balaban J connectivity index is 2.25. The van der Waals surface area contributed by atoms with Crippen LogP contribution >= 0.6 is 0 Å². The van der Waals surface area contributed by atoms with Crippen LogP contribution in [-0.4, -0.2) is 47.4 Å². The Labute approximate surface area is 115 Å². The molecule has 1 heterocycles. The number of rotatable bonds is 5. The summed E-state index contributed by atoms with van der Waals surface area (Å²) < 4.78 is 10.4. The zero-order valence-corrected chi connectivity index (χ0v) is 11.5. The van der Waals surface area contributed by atoms with Gasteiger partial charge in [-0.15, -0.1) is 10.2 Å². The summed E-state index contributed by atoms with van der Waals surface area (Å²) in [7, 11) is 4.67. The third-order valence-electron chi connectivity index (χ3n) is 2.66.